The second-order valence-electron chi connectivity index (χ2n) is 4.99. The second-order valence-corrected chi connectivity index (χ2v) is 7.84. The number of nitrogens with zero attached hydrogens (tertiary/aromatic N) is 1. The van der Waals surface area contributed by atoms with Crippen LogP contribution in [0.3, 0.4) is 0 Å². The minimum absolute atomic E-state index is 0.0158. The molecule has 0 bridgehead atoms. The molecule has 0 saturated heterocycles. The quantitative estimate of drug-likeness (QED) is 0.837. The molecule has 0 heterocycles. The van der Waals surface area contributed by atoms with Gasteiger partial charge in [0.25, 0.3) is 0 Å². The van der Waals surface area contributed by atoms with Crippen molar-refractivity contribution < 1.29 is 13.2 Å². The van der Waals surface area contributed by atoms with Gasteiger partial charge in [0.1, 0.15) is 5.41 Å². The van der Waals surface area contributed by atoms with Crippen LogP contribution in [0.1, 0.15) is 18.4 Å². The normalized spacial score (nSPS) is 28.9. The standard InChI is InChI=1S/C14H16ClNO3S/c1-3-20(17,18)13-12(14(13,8-16)9-19-2)10-5-4-6-11(15)7-10/h4-7,12-13H,3,9H2,1-2H3/t12-,13-,14-/m1/s1. The third kappa shape index (κ3) is 2.32. The number of nitriles is 1. The molecule has 3 atom stereocenters. The number of rotatable bonds is 5. The zero-order valence-electron chi connectivity index (χ0n) is 11.3. The number of methoxy groups -OCH3 is 1. The Kier molecular flexibility index (Phi) is 4.10. The summed E-state index contributed by atoms with van der Waals surface area (Å²) in [5, 5.41) is 9.31. The van der Waals surface area contributed by atoms with Gasteiger partial charge in [0.15, 0.2) is 9.84 Å². The van der Waals surface area contributed by atoms with Crippen LogP contribution in [0.15, 0.2) is 24.3 Å². The summed E-state index contributed by atoms with van der Waals surface area (Å²) in [5.41, 5.74) is -0.230. The third-order valence-electron chi connectivity index (χ3n) is 3.84. The van der Waals surface area contributed by atoms with E-state index < -0.39 is 20.5 Å². The Morgan fingerprint density at radius 3 is 2.70 bits per heavy atom. The molecular formula is C14H16ClNO3S. The van der Waals surface area contributed by atoms with Crippen LogP contribution in [0.4, 0.5) is 0 Å². The highest BCUT2D eigenvalue weighted by Gasteiger charge is 2.71. The number of sulfone groups is 1. The number of ether oxygens (including phenoxy) is 1. The van der Waals surface area contributed by atoms with Crippen LogP contribution in [0.25, 0.3) is 0 Å². The Hall–Kier alpha value is -1.09. The average molecular weight is 314 g/mol. The van der Waals surface area contributed by atoms with Crippen molar-refractivity contribution in [3.05, 3.63) is 34.9 Å². The molecule has 20 heavy (non-hydrogen) atoms. The van der Waals surface area contributed by atoms with Crippen molar-refractivity contribution in [3.8, 4) is 6.07 Å². The molecule has 108 valence electrons. The lowest BCUT2D eigenvalue weighted by Crippen LogP contribution is -2.20. The molecule has 0 spiro atoms. The SMILES string of the molecule is CCS(=O)(=O)[C@@H]1[C@@H](c2cccc(Cl)c2)[C@@]1(C#N)COC. The zero-order chi connectivity index (χ0) is 15.0. The van der Waals surface area contributed by atoms with Crippen LogP contribution in [-0.2, 0) is 14.6 Å². The lowest BCUT2D eigenvalue weighted by molar-refractivity contribution is 0.162. The Balaban J connectivity index is 2.48. The van der Waals surface area contributed by atoms with E-state index >= 15 is 0 Å². The van der Waals surface area contributed by atoms with Gasteiger partial charge in [0.05, 0.1) is 17.9 Å². The topological polar surface area (TPSA) is 67.2 Å². The van der Waals surface area contributed by atoms with E-state index in [0.717, 1.165) is 5.56 Å². The van der Waals surface area contributed by atoms with Crippen LogP contribution in [0.2, 0.25) is 5.02 Å². The molecule has 1 aromatic rings. The Morgan fingerprint density at radius 2 is 2.20 bits per heavy atom. The maximum absolute atomic E-state index is 12.2. The highest BCUT2D eigenvalue weighted by molar-refractivity contribution is 7.92. The van der Waals surface area contributed by atoms with Gasteiger partial charge in [-0.1, -0.05) is 30.7 Å². The van der Waals surface area contributed by atoms with Crippen LogP contribution >= 0.6 is 11.6 Å². The van der Waals surface area contributed by atoms with Gasteiger partial charge in [-0.25, -0.2) is 8.42 Å². The van der Waals surface area contributed by atoms with E-state index in [-0.39, 0.29) is 18.3 Å². The van der Waals surface area contributed by atoms with Crippen molar-refractivity contribution in [3.63, 3.8) is 0 Å². The lowest BCUT2D eigenvalue weighted by atomic mass is 10.0. The van der Waals surface area contributed by atoms with E-state index in [1.54, 1.807) is 25.1 Å². The van der Waals surface area contributed by atoms with Crippen molar-refractivity contribution in [1.29, 1.82) is 5.26 Å². The van der Waals surface area contributed by atoms with Crippen molar-refractivity contribution in [2.24, 2.45) is 5.41 Å². The van der Waals surface area contributed by atoms with Crippen LogP contribution in [0, 0.1) is 16.7 Å². The Morgan fingerprint density at radius 1 is 1.50 bits per heavy atom. The van der Waals surface area contributed by atoms with E-state index in [4.69, 9.17) is 16.3 Å². The minimum atomic E-state index is -3.32. The van der Waals surface area contributed by atoms with Gasteiger partial charge in [-0.3, -0.25) is 0 Å². The minimum Gasteiger partial charge on any atom is -0.383 e. The van der Waals surface area contributed by atoms with Gasteiger partial charge in [-0.2, -0.15) is 5.26 Å². The fourth-order valence-electron chi connectivity index (χ4n) is 2.86. The summed E-state index contributed by atoms with van der Waals surface area (Å²) < 4.78 is 29.6. The summed E-state index contributed by atoms with van der Waals surface area (Å²) >= 11 is 5.96. The fourth-order valence-corrected chi connectivity index (χ4v) is 5.06. The fraction of sp³-hybridized carbons (Fsp3) is 0.500. The van der Waals surface area contributed by atoms with Crippen LogP contribution in [0.5, 0.6) is 0 Å². The van der Waals surface area contributed by atoms with E-state index in [1.807, 2.05) is 6.07 Å². The van der Waals surface area contributed by atoms with Crippen molar-refractivity contribution in [2.75, 3.05) is 19.5 Å². The summed E-state index contributed by atoms with van der Waals surface area (Å²) in [5.74, 6) is -0.363. The smallest absolute Gasteiger partial charge is 0.155 e. The molecule has 1 saturated carbocycles. The van der Waals surface area contributed by atoms with E-state index in [9.17, 15) is 13.7 Å². The summed E-state index contributed by atoms with van der Waals surface area (Å²) in [4.78, 5) is 0. The largest absolute Gasteiger partial charge is 0.383 e. The molecule has 1 aromatic carbocycles. The molecule has 2 rings (SSSR count). The summed E-state index contributed by atoms with van der Waals surface area (Å²) in [6, 6.07) is 9.18. The van der Waals surface area contributed by atoms with E-state index in [1.165, 1.54) is 7.11 Å². The van der Waals surface area contributed by atoms with Gasteiger partial charge < -0.3 is 4.74 Å². The van der Waals surface area contributed by atoms with Gasteiger partial charge in [-0.05, 0) is 17.7 Å². The molecule has 1 aliphatic carbocycles. The molecule has 1 aliphatic rings. The first kappa shape index (κ1) is 15.3. The van der Waals surface area contributed by atoms with Crippen molar-refractivity contribution in [2.45, 2.75) is 18.1 Å². The highest BCUT2D eigenvalue weighted by Crippen LogP contribution is 2.63. The predicted molar refractivity (Wildman–Crippen MR) is 77.4 cm³/mol. The van der Waals surface area contributed by atoms with E-state index in [0.29, 0.717) is 5.02 Å². The van der Waals surface area contributed by atoms with Gasteiger partial charge >= 0.3 is 0 Å². The molecule has 0 radical (unpaired) electrons. The maximum atomic E-state index is 12.2. The molecule has 1 fully saturated rings. The predicted octanol–water partition coefficient (Wildman–Crippen LogP) is 2.40. The average Bonchev–Trinajstić information content (AvgIpc) is 3.09. The number of hydrogen-bond donors (Lipinski definition) is 0. The Labute approximate surface area is 124 Å². The molecule has 0 aliphatic heterocycles. The highest BCUT2D eigenvalue weighted by atomic mass is 35.5. The van der Waals surface area contributed by atoms with Crippen LogP contribution < -0.4 is 0 Å². The Bertz CT molecular complexity index is 653. The third-order valence-corrected chi connectivity index (χ3v) is 6.35. The monoisotopic (exact) mass is 313 g/mol. The molecule has 4 nitrogen and oxygen atoms in total. The van der Waals surface area contributed by atoms with Crippen molar-refractivity contribution in [1.82, 2.24) is 0 Å². The van der Waals surface area contributed by atoms with Gasteiger partial charge in [0, 0.05) is 23.8 Å². The molecule has 0 amide bonds. The van der Waals surface area contributed by atoms with E-state index in [2.05, 4.69) is 6.07 Å². The van der Waals surface area contributed by atoms with Gasteiger partial charge in [0.2, 0.25) is 0 Å². The van der Waals surface area contributed by atoms with Crippen LogP contribution in [-0.4, -0.2) is 33.1 Å². The zero-order valence-corrected chi connectivity index (χ0v) is 12.9. The lowest BCUT2D eigenvalue weighted by Gasteiger charge is -2.07. The molecule has 0 N–H and O–H groups in total. The number of benzene rings is 1. The molecule has 0 aromatic heterocycles. The first-order chi connectivity index (χ1) is 9.43. The first-order valence-electron chi connectivity index (χ1n) is 6.30. The molecular weight excluding hydrogens is 298 g/mol. The summed E-state index contributed by atoms with van der Waals surface area (Å²) in [7, 11) is -1.85. The maximum Gasteiger partial charge on any atom is 0.155 e. The first-order valence-corrected chi connectivity index (χ1v) is 8.39. The second kappa shape index (κ2) is 5.36. The number of halogens is 1. The molecule has 0 unspecified atom stereocenters. The number of hydrogen-bond acceptors (Lipinski definition) is 4. The summed E-state index contributed by atoms with van der Waals surface area (Å²) in [6.45, 7) is 1.70. The summed E-state index contributed by atoms with van der Waals surface area (Å²) in [6.07, 6.45) is 0. The van der Waals surface area contributed by atoms with Gasteiger partial charge in [-0.15, -0.1) is 0 Å². The van der Waals surface area contributed by atoms with Crippen molar-refractivity contribution >= 4 is 21.4 Å². The molecule has 6 heteroatoms.